The quantitative estimate of drug-likeness (QED) is 0.703. The van der Waals surface area contributed by atoms with Crippen molar-refractivity contribution in [1.82, 2.24) is 15.1 Å². The van der Waals surface area contributed by atoms with Crippen molar-refractivity contribution in [3.05, 3.63) is 65.2 Å². The Morgan fingerprint density at radius 3 is 2.61 bits per heavy atom. The summed E-state index contributed by atoms with van der Waals surface area (Å²) in [5.74, 6) is -0.852. The maximum Gasteiger partial charge on any atom is 0.418 e. The van der Waals surface area contributed by atoms with E-state index in [9.17, 15) is 19.2 Å². The standard InChI is InChI=1S/C24H26N4O5/c1-3-27(14-16-7-5-4-6-8-16)20(29)15-28-21(30)24(33-23(28)32)12-11-17-13-18(9-10-19(17)24)26-22(31)25-2/h4-10,13H,3,11-12,14-15H2,1-2H3,(H2,25,26,31). The topological polar surface area (TPSA) is 108 Å². The van der Waals surface area contributed by atoms with Gasteiger partial charge < -0.3 is 20.3 Å². The van der Waals surface area contributed by atoms with Gasteiger partial charge in [0, 0.05) is 37.8 Å². The lowest BCUT2D eigenvalue weighted by Gasteiger charge is -2.23. The van der Waals surface area contributed by atoms with Crippen LogP contribution in [-0.4, -0.2) is 53.9 Å². The van der Waals surface area contributed by atoms with E-state index >= 15 is 0 Å². The Morgan fingerprint density at radius 2 is 1.91 bits per heavy atom. The Hall–Kier alpha value is -3.88. The number of nitrogens with one attached hydrogen (secondary N) is 2. The number of anilines is 1. The number of benzene rings is 2. The second-order valence-electron chi connectivity index (χ2n) is 8.06. The maximum absolute atomic E-state index is 13.3. The first-order chi connectivity index (χ1) is 15.9. The third-order valence-electron chi connectivity index (χ3n) is 6.09. The molecule has 5 amide bonds. The van der Waals surface area contributed by atoms with Gasteiger partial charge in [-0.2, -0.15) is 0 Å². The van der Waals surface area contributed by atoms with E-state index in [1.54, 1.807) is 23.1 Å². The molecule has 0 saturated carbocycles. The molecule has 2 N–H and O–H groups in total. The molecular formula is C24H26N4O5. The summed E-state index contributed by atoms with van der Waals surface area (Å²) in [5.41, 5.74) is 1.53. The predicted octanol–water partition coefficient (Wildman–Crippen LogP) is 2.61. The van der Waals surface area contributed by atoms with Crippen LogP contribution in [0.1, 0.15) is 30.0 Å². The Morgan fingerprint density at radius 1 is 1.15 bits per heavy atom. The van der Waals surface area contributed by atoms with Crippen molar-refractivity contribution in [2.24, 2.45) is 0 Å². The molecule has 2 aromatic carbocycles. The molecule has 1 aliphatic carbocycles. The highest BCUT2D eigenvalue weighted by Crippen LogP contribution is 2.46. The number of imide groups is 1. The van der Waals surface area contributed by atoms with Crippen molar-refractivity contribution >= 4 is 29.6 Å². The van der Waals surface area contributed by atoms with Gasteiger partial charge in [0.15, 0.2) is 0 Å². The van der Waals surface area contributed by atoms with Gasteiger partial charge in [-0.25, -0.2) is 14.5 Å². The second kappa shape index (κ2) is 8.93. The van der Waals surface area contributed by atoms with Crippen LogP contribution in [-0.2, 0) is 32.9 Å². The van der Waals surface area contributed by atoms with Gasteiger partial charge in [0.2, 0.25) is 11.5 Å². The number of amides is 5. The highest BCUT2D eigenvalue weighted by atomic mass is 16.6. The van der Waals surface area contributed by atoms with Crippen molar-refractivity contribution in [1.29, 1.82) is 0 Å². The molecule has 0 aromatic heterocycles. The summed E-state index contributed by atoms with van der Waals surface area (Å²) in [4.78, 5) is 53.0. The Kier molecular flexibility index (Phi) is 6.04. The fourth-order valence-electron chi connectivity index (χ4n) is 4.34. The number of hydrogen-bond acceptors (Lipinski definition) is 5. The Bertz CT molecular complexity index is 1100. The molecule has 1 heterocycles. The van der Waals surface area contributed by atoms with Crippen LogP contribution in [0, 0.1) is 0 Å². The number of ether oxygens (including phenoxy) is 1. The van der Waals surface area contributed by atoms with E-state index in [1.807, 2.05) is 37.3 Å². The van der Waals surface area contributed by atoms with E-state index in [4.69, 9.17) is 4.74 Å². The van der Waals surface area contributed by atoms with Crippen LogP contribution in [0.2, 0.25) is 0 Å². The minimum atomic E-state index is -1.42. The normalized spacial score (nSPS) is 18.8. The van der Waals surface area contributed by atoms with Gasteiger partial charge >= 0.3 is 12.1 Å². The number of urea groups is 1. The van der Waals surface area contributed by atoms with Gasteiger partial charge in [0.05, 0.1) is 0 Å². The zero-order valence-electron chi connectivity index (χ0n) is 18.6. The van der Waals surface area contributed by atoms with Crippen LogP contribution in [0.15, 0.2) is 48.5 Å². The number of nitrogens with zero attached hydrogens (tertiary/aromatic N) is 2. The minimum absolute atomic E-state index is 0.294. The van der Waals surface area contributed by atoms with Gasteiger partial charge in [-0.3, -0.25) is 9.59 Å². The third kappa shape index (κ3) is 4.13. The fourth-order valence-corrected chi connectivity index (χ4v) is 4.34. The molecule has 1 spiro atoms. The number of fused-ring (bicyclic) bond motifs is 2. The van der Waals surface area contributed by atoms with E-state index in [0.29, 0.717) is 37.2 Å². The van der Waals surface area contributed by atoms with Crippen molar-refractivity contribution in [3.63, 3.8) is 0 Å². The lowest BCUT2D eigenvalue weighted by Crippen LogP contribution is -2.44. The number of carbonyl (C=O) groups is 4. The summed E-state index contributed by atoms with van der Waals surface area (Å²) < 4.78 is 5.60. The van der Waals surface area contributed by atoms with Crippen LogP contribution < -0.4 is 10.6 Å². The number of aryl methyl sites for hydroxylation is 1. The summed E-state index contributed by atoms with van der Waals surface area (Å²) >= 11 is 0. The summed E-state index contributed by atoms with van der Waals surface area (Å²) in [5, 5.41) is 5.17. The first-order valence-electron chi connectivity index (χ1n) is 10.9. The van der Waals surface area contributed by atoms with Crippen LogP contribution in [0.25, 0.3) is 0 Å². The monoisotopic (exact) mass is 450 g/mol. The Labute approximate surface area is 191 Å². The van der Waals surface area contributed by atoms with E-state index < -0.39 is 17.6 Å². The molecule has 2 aliphatic rings. The molecule has 2 aromatic rings. The Balaban J connectivity index is 1.50. The lowest BCUT2D eigenvalue weighted by molar-refractivity contribution is -0.142. The molecule has 0 bridgehead atoms. The molecule has 0 radical (unpaired) electrons. The fraction of sp³-hybridized carbons (Fsp3) is 0.333. The molecule has 1 unspecified atom stereocenters. The summed E-state index contributed by atoms with van der Waals surface area (Å²) in [6.45, 7) is 2.32. The largest absolute Gasteiger partial charge is 0.427 e. The van der Waals surface area contributed by atoms with Crippen LogP contribution in [0.4, 0.5) is 15.3 Å². The van der Waals surface area contributed by atoms with Gasteiger partial charge in [-0.15, -0.1) is 0 Å². The van der Waals surface area contributed by atoms with E-state index in [1.165, 1.54) is 7.05 Å². The zero-order valence-corrected chi connectivity index (χ0v) is 18.6. The number of carbonyl (C=O) groups excluding carboxylic acids is 4. The summed E-state index contributed by atoms with van der Waals surface area (Å²) in [6.07, 6.45) is -0.0126. The molecule has 172 valence electrons. The van der Waals surface area contributed by atoms with Crippen molar-refractivity contribution in [3.8, 4) is 0 Å². The number of rotatable bonds is 6. The van der Waals surface area contributed by atoms with E-state index in [0.717, 1.165) is 16.0 Å². The van der Waals surface area contributed by atoms with Crippen molar-refractivity contribution in [2.45, 2.75) is 31.9 Å². The average molecular weight is 450 g/mol. The van der Waals surface area contributed by atoms with Gasteiger partial charge in [0.1, 0.15) is 6.54 Å². The van der Waals surface area contributed by atoms with Crippen LogP contribution in [0.3, 0.4) is 0 Å². The molecule has 9 heteroatoms. The van der Waals surface area contributed by atoms with Crippen LogP contribution in [0.5, 0.6) is 0 Å². The molecule has 1 atom stereocenters. The molecule has 1 fully saturated rings. The minimum Gasteiger partial charge on any atom is -0.427 e. The first kappa shape index (κ1) is 22.3. The van der Waals surface area contributed by atoms with Crippen LogP contribution >= 0.6 is 0 Å². The zero-order chi connectivity index (χ0) is 23.6. The lowest BCUT2D eigenvalue weighted by atomic mass is 9.94. The van der Waals surface area contributed by atoms with Gasteiger partial charge in [-0.1, -0.05) is 36.4 Å². The second-order valence-corrected chi connectivity index (χ2v) is 8.06. The highest BCUT2D eigenvalue weighted by Gasteiger charge is 2.58. The number of likely N-dealkylation sites (N-methyl/N-ethyl adjacent to an activating group) is 1. The first-order valence-corrected chi connectivity index (χ1v) is 10.9. The molecule has 4 rings (SSSR count). The number of hydrogen-bond donors (Lipinski definition) is 2. The predicted molar refractivity (Wildman–Crippen MR) is 120 cm³/mol. The molecular weight excluding hydrogens is 424 g/mol. The molecule has 1 aliphatic heterocycles. The smallest absolute Gasteiger partial charge is 0.418 e. The average Bonchev–Trinajstić information content (AvgIpc) is 3.30. The van der Waals surface area contributed by atoms with Crippen molar-refractivity contribution in [2.75, 3.05) is 25.5 Å². The van der Waals surface area contributed by atoms with E-state index in [2.05, 4.69) is 10.6 Å². The van der Waals surface area contributed by atoms with Gasteiger partial charge in [0.25, 0.3) is 5.91 Å². The summed E-state index contributed by atoms with van der Waals surface area (Å²) in [6, 6.07) is 14.3. The third-order valence-corrected chi connectivity index (χ3v) is 6.09. The maximum atomic E-state index is 13.3. The SMILES string of the molecule is CCN(Cc1ccccc1)C(=O)CN1C(=O)OC2(CCc3cc(NC(=O)NC)ccc32)C1=O. The molecule has 1 saturated heterocycles. The van der Waals surface area contributed by atoms with Gasteiger partial charge in [-0.05, 0) is 36.6 Å². The molecule has 9 nitrogen and oxygen atoms in total. The van der Waals surface area contributed by atoms with E-state index in [-0.39, 0.29) is 18.5 Å². The summed E-state index contributed by atoms with van der Waals surface area (Å²) in [7, 11) is 1.52. The molecule has 33 heavy (non-hydrogen) atoms. The van der Waals surface area contributed by atoms with Crippen molar-refractivity contribution < 1.29 is 23.9 Å². The highest BCUT2D eigenvalue weighted by molar-refractivity contribution is 6.06.